The quantitative estimate of drug-likeness (QED) is 0.415. The van der Waals surface area contributed by atoms with E-state index >= 15 is 0 Å². The van der Waals surface area contributed by atoms with Crippen LogP contribution in [0.3, 0.4) is 0 Å². The molecule has 3 rings (SSSR count). The van der Waals surface area contributed by atoms with Crippen LogP contribution in [-0.2, 0) is 9.59 Å². The molecule has 7 nitrogen and oxygen atoms in total. The number of aliphatic hydroxyl groups excluding tert-OH is 1. The van der Waals surface area contributed by atoms with E-state index in [2.05, 4.69) is 0 Å². The third-order valence-electron chi connectivity index (χ3n) is 5.19. The first-order valence-electron chi connectivity index (χ1n) is 9.70. The van der Waals surface area contributed by atoms with E-state index in [4.69, 9.17) is 9.47 Å². The molecule has 0 aromatic heterocycles. The molecular formula is C23H25FN2O5. The minimum absolute atomic E-state index is 0.134. The molecule has 1 saturated heterocycles. The van der Waals surface area contributed by atoms with Crippen molar-refractivity contribution >= 4 is 17.4 Å². The van der Waals surface area contributed by atoms with Crippen molar-refractivity contribution in [1.29, 1.82) is 0 Å². The van der Waals surface area contributed by atoms with Crippen LogP contribution in [0.5, 0.6) is 11.5 Å². The first kappa shape index (κ1) is 22.3. The largest absolute Gasteiger partial charge is 0.507 e. The summed E-state index contributed by atoms with van der Waals surface area (Å²) in [4.78, 5) is 29.0. The Bertz CT molecular complexity index is 1030. The number of aliphatic hydroxyl groups is 1. The number of methoxy groups -OCH3 is 2. The maximum Gasteiger partial charge on any atom is 0.295 e. The van der Waals surface area contributed by atoms with Gasteiger partial charge in [-0.25, -0.2) is 4.39 Å². The zero-order valence-corrected chi connectivity index (χ0v) is 17.9. The van der Waals surface area contributed by atoms with Crippen molar-refractivity contribution in [1.82, 2.24) is 9.80 Å². The second-order valence-corrected chi connectivity index (χ2v) is 7.38. The Morgan fingerprint density at radius 3 is 2.45 bits per heavy atom. The van der Waals surface area contributed by atoms with Gasteiger partial charge < -0.3 is 24.4 Å². The number of ether oxygens (including phenoxy) is 2. The van der Waals surface area contributed by atoms with E-state index in [1.54, 1.807) is 18.2 Å². The van der Waals surface area contributed by atoms with Crippen LogP contribution in [0.4, 0.5) is 4.39 Å². The van der Waals surface area contributed by atoms with Gasteiger partial charge in [0.05, 0.1) is 31.4 Å². The Morgan fingerprint density at radius 1 is 1.13 bits per heavy atom. The number of amides is 1. The van der Waals surface area contributed by atoms with E-state index in [0.29, 0.717) is 12.3 Å². The highest BCUT2D eigenvalue weighted by molar-refractivity contribution is 6.46. The topological polar surface area (TPSA) is 79.3 Å². The van der Waals surface area contributed by atoms with E-state index in [-0.39, 0.29) is 29.0 Å². The highest BCUT2D eigenvalue weighted by Gasteiger charge is 2.47. The summed E-state index contributed by atoms with van der Waals surface area (Å²) in [5, 5.41) is 11.1. The minimum atomic E-state index is -1.06. The average molecular weight is 428 g/mol. The molecule has 1 aliphatic rings. The smallest absolute Gasteiger partial charge is 0.295 e. The maximum absolute atomic E-state index is 14.7. The van der Waals surface area contributed by atoms with Crippen LogP contribution in [0.25, 0.3) is 5.76 Å². The van der Waals surface area contributed by atoms with Gasteiger partial charge in [-0.15, -0.1) is 0 Å². The molecule has 1 amide bonds. The summed E-state index contributed by atoms with van der Waals surface area (Å²) >= 11 is 0. The van der Waals surface area contributed by atoms with E-state index in [1.807, 2.05) is 19.0 Å². The highest BCUT2D eigenvalue weighted by Crippen LogP contribution is 2.42. The number of benzene rings is 2. The van der Waals surface area contributed by atoms with E-state index < -0.39 is 29.3 Å². The molecule has 2 aromatic carbocycles. The molecule has 1 N–H and O–H groups in total. The van der Waals surface area contributed by atoms with Crippen molar-refractivity contribution in [3.63, 3.8) is 0 Å². The zero-order chi connectivity index (χ0) is 22.7. The number of rotatable bonds is 7. The number of likely N-dealkylation sites (tertiary alicyclic amines) is 1. The third kappa shape index (κ3) is 4.25. The number of hydrogen-bond donors (Lipinski definition) is 1. The molecule has 1 atom stereocenters. The van der Waals surface area contributed by atoms with Crippen LogP contribution in [0, 0.1) is 5.82 Å². The van der Waals surface area contributed by atoms with E-state index in [0.717, 1.165) is 0 Å². The van der Waals surface area contributed by atoms with Crippen LogP contribution >= 0.6 is 0 Å². The summed E-state index contributed by atoms with van der Waals surface area (Å²) in [5.41, 5.74) is 0.155. The SMILES string of the molecule is COc1ccc(C(O)=C2C(=O)C(=O)N(CCN(C)C)C2c2ccccc2F)c(OC)c1. The van der Waals surface area contributed by atoms with Gasteiger partial charge in [0.2, 0.25) is 0 Å². The number of carbonyl (C=O) groups is 2. The number of likely N-dealkylation sites (N-methyl/N-ethyl adjacent to an activating group) is 1. The molecule has 0 saturated carbocycles. The molecule has 164 valence electrons. The molecule has 2 aromatic rings. The predicted octanol–water partition coefficient (Wildman–Crippen LogP) is 2.83. The Labute approximate surface area is 180 Å². The lowest BCUT2D eigenvalue weighted by molar-refractivity contribution is -0.140. The fourth-order valence-electron chi connectivity index (χ4n) is 3.58. The molecule has 0 bridgehead atoms. The predicted molar refractivity (Wildman–Crippen MR) is 114 cm³/mol. The number of nitrogens with zero attached hydrogens (tertiary/aromatic N) is 2. The van der Waals surface area contributed by atoms with Crippen molar-refractivity contribution in [2.45, 2.75) is 6.04 Å². The molecule has 0 radical (unpaired) electrons. The monoisotopic (exact) mass is 428 g/mol. The summed E-state index contributed by atoms with van der Waals surface area (Å²) in [7, 11) is 6.56. The van der Waals surface area contributed by atoms with Crippen molar-refractivity contribution in [3.8, 4) is 11.5 Å². The standard InChI is InChI=1S/C23H25FN2O5/c1-25(2)11-12-26-20(15-7-5-6-8-17(15)24)19(22(28)23(26)29)21(27)16-10-9-14(30-3)13-18(16)31-4/h5-10,13,20,27H,11-12H2,1-4H3. The van der Waals surface area contributed by atoms with Crippen LogP contribution < -0.4 is 9.47 Å². The molecule has 8 heteroatoms. The van der Waals surface area contributed by atoms with Crippen LogP contribution in [0.1, 0.15) is 17.2 Å². The highest BCUT2D eigenvalue weighted by atomic mass is 19.1. The van der Waals surface area contributed by atoms with Gasteiger partial charge in [-0.1, -0.05) is 18.2 Å². The molecule has 1 aliphatic heterocycles. The Hall–Kier alpha value is -3.39. The van der Waals surface area contributed by atoms with Gasteiger partial charge in [-0.2, -0.15) is 0 Å². The number of halogens is 1. The van der Waals surface area contributed by atoms with Gasteiger partial charge >= 0.3 is 0 Å². The van der Waals surface area contributed by atoms with Gasteiger partial charge in [0.25, 0.3) is 11.7 Å². The first-order valence-corrected chi connectivity index (χ1v) is 9.70. The molecule has 31 heavy (non-hydrogen) atoms. The maximum atomic E-state index is 14.7. The summed E-state index contributed by atoms with van der Waals surface area (Å²) in [5.74, 6) is -1.92. The molecule has 0 spiro atoms. The normalized spacial score (nSPS) is 18.0. The second kappa shape index (κ2) is 9.18. The van der Waals surface area contributed by atoms with Crippen LogP contribution in [0.2, 0.25) is 0 Å². The van der Waals surface area contributed by atoms with Crippen molar-refractivity contribution in [2.24, 2.45) is 0 Å². The summed E-state index contributed by atoms with van der Waals surface area (Å²) in [6, 6.07) is 9.53. The van der Waals surface area contributed by atoms with Gasteiger partial charge in [0.1, 0.15) is 23.1 Å². The van der Waals surface area contributed by atoms with Crippen LogP contribution in [0.15, 0.2) is 48.0 Å². The van der Waals surface area contributed by atoms with Crippen molar-refractivity contribution in [2.75, 3.05) is 41.4 Å². The number of Topliss-reactive ketones (excluding diaryl/α,β-unsaturated/α-hetero) is 1. The van der Waals surface area contributed by atoms with Crippen molar-refractivity contribution < 1.29 is 28.6 Å². The number of carbonyl (C=O) groups excluding carboxylic acids is 2. The van der Waals surface area contributed by atoms with E-state index in [9.17, 15) is 19.1 Å². The molecule has 1 heterocycles. The third-order valence-corrected chi connectivity index (χ3v) is 5.19. The van der Waals surface area contributed by atoms with Crippen LogP contribution in [-0.4, -0.2) is 68.0 Å². The Kier molecular flexibility index (Phi) is 6.60. The molecule has 0 aliphatic carbocycles. The van der Waals surface area contributed by atoms with Gasteiger partial charge in [-0.3, -0.25) is 9.59 Å². The fraction of sp³-hybridized carbons (Fsp3) is 0.304. The van der Waals surface area contributed by atoms with Gasteiger partial charge in [0, 0.05) is 24.7 Å². The zero-order valence-electron chi connectivity index (χ0n) is 17.9. The first-order chi connectivity index (χ1) is 14.8. The molecule has 1 unspecified atom stereocenters. The summed E-state index contributed by atoms with van der Waals surface area (Å²) in [6.07, 6.45) is 0. The van der Waals surface area contributed by atoms with E-state index in [1.165, 1.54) is 43.4 Å². The van der Waals surface area contributed by atoms with Gasteiger partial charge in [-0.05, 0) is 32.3 Å². The fourth-order valence-corrected chi connectivity index (χ4v) is 3.58. The lowest BCUT2D eigenvalue weighted by Gasteiger charge is -2.27. The second-order valence-electron chi connectivity index (χ2n) is 7.38. The van der Waals surface area contributed by atoms with Crippen molar-refractivity contribution in [3.05, 3.63) is 65.0 Å². The number of hydrogen-bond acceptors (Lipinski definition) is 6. The lowest BCUT2D eigenvalue weighted by atomic mass is 9.94. The molecule has 1 fully saturated rings. The Balaban J connectivity index is 2.21. The van der Waals surface area contributed by atoms with Gasteiger partial charge in [0.15, 0.2) is 0 Å². The number of ketones is 1. The summed E-state index contributed by atoms with van der Waals surface area (Å²) in [6.45, 7) is 0.650. The molecular weight excluding hydrogens is 403 g/mol. The lowest BCUT2D eigenvalue weighted by Crippen LogP contribution is -2.35. The summed E-state index contributed by atoms with van der Waals surface area (Å²) < 4.78 is 25.3. The average Bonchev–Trinajstić information content (AvgIpc) is 3.01. The minimum Gasteiger partial charge on any atom is -0.507 e. The Morgan fingerprint density at radius 2 is 1.84 bits per heavy atom.